The minimum absolute atomic E-state index is 0.0493. The van der Waals surface area contributed by atoms with Crippen molar-refractivity contribution in [1.82, 2.24) is 5.32 Å². The van der Waals surface area contributed by atoms with Gasteiger partial charge >= 0.3 is 5.97 Å². The van der Waals surface area contributed by atoms with E-state index in [-0.39, 0.29) is 24.7 Å². The Bertz CT molecular complexity index is 1300. The van der Waals surface area contributed by atoms with Crippen LogP contribution >= 0.6 is 23.4 Å². The Morgan fingerprint density at radius 2 is 1.77 bits per heavy atom. The highest BCUT2D eigenvalue weighted by atomic mass is 35.5. The molecule has 2 aromatic carbocycles. The van der Waals surface area contributed by atoms with E-state index in [9.17, 15) is 9.59 Å². The average molecular weight is 572 g/mol. The molecule has 4 rings (SSSR count). The Morgan fingerprint density at radius 1 is 1.08 bits per heavy atom. The second kappa shape index (κ2) is 12.8. The van der Waals surface area contributed by atoms with Gasteiger partial charge in [0.2, 0.25) is 5.75 Å². The SMILES string of the molecule is CCSCCOC(=O)C1=C(C)NC2=C(C(=O)C[C@H](c3ccccc3Cl)C2)[C@H]1c1cc(OC)c(OC)c(OC)c1. The fourth-order valence-corrected chi connectivity index (χ4v) is 6.13. The highest BCUT2D eigenvalue weighted by Gasteiger charge is 2.42. The molecule has 2 atom stereocenters. The van der Waals surface area contributed by atoms with E-state index in [0.29, 0.717) is 56.9 Å². The summed E-state index contributed by atoms with van der Waals surface area (Å²) in [5.41, 5.74) is 3.99. The summed E-state index contributed by atoms with van der Waals surface area (Å²) in [5.74, 6) is 1.70. The topological polar surface area (TPSA) is 83.1 Å². The zero-order valence-corrected chi connectivity index (χ0v) is 24.5. The van der Waals surface area contributed by atoms with Crippen LogP contribution in [-0.4, -0.2) is 51.2 Å². The van der Waals surface area contributed by atoms with Crippen molar-refractivity contribution in [2.75, 3.05) is 39.4 Å². The molecule has 0 amide bonds. The number of Topliss-reactive ketones (excluding diaryl/α,β-unsaturated/α-hetero) is 1. The molecule has 0 fully saturated rings. The molecule has 1 N–H and O–H groups in total. The quantitative estimate of drug-likeness (QED) is 0.274. The van der Waals surface area contributed by atoms with Crippen molar-refractivity contribution >= 4 is 35.1 Å². The van der Waals surface area contributed by atoms with Gasteiger partial charge in [0.15, 0.2) is 17.3 Å². The van der Waals surface area contributed by atoms with Gasteiger partial charge in [0.1, 0.15) is 6.61 Å². The smallest absolute Gasteiger partial charge is 0.336 e. The number of allylic oxidation sites excluding steroid dienone is 3. The van der Waals surface area contributed by atoms with E-state index in [2.05, 4.69) is 12.2 Å². The van der Waals surface area contributed by atoms with Crippen molar-refractivity contribution in [2.24, 2.45) is 0 Å². The number of benzene rings is 2. The van der Waals surface area contributed by atoms with Crippen LogP contribution in [0.1, 0.15) is 49.7 Å². The van der Waals surface area contributed by atoms with Gasteiger partial charge in [-0.25, -0.2) is 4.79 Å². The number of hydrogen-bond donors (Lipinski definition) is 1. The first-order valence-electron chi connectivity index (χ1n) is 12.9. The fraction of sp³-hybridized carbons (Fsp3) is 0.400. The largest absolute Gasteiger partial charge is 0.493 e. The van der Waals surface area contributed by atoms with Crippen LogP contribution in [0, 0.1) is 0 Å². The molecule has 1 heterocycles. The summed E-state index contributed by atoms with van der Waals surface area (Å²) < 4.78 is 22.4. The second-order valence-corrected chi connectivity index (χ2v) is 11.1. The molecule has 0 aromatic heterocycles. The third-order valence-electron chi connectivity index (χ3n) is 7.08. The third-order valence-corrected chi connectivity index (χ3v) is 8.29. The molecule has 2 aliphatic rings. The van der Waals surface area contributed by atoms with Crippen LogP contribution in [-0.2, 0) is 14.3 Å². The number of nitrogens with one attached hydrogen (secondary N) is 1. The predicted octanol–water partition coefficient (Wildman–Crippen LogP) is 6.02. The molecule has 39 heavy (non-hydrogen) atoms. The molecular formula is C30H34ClNO6S. The summed E-state index contributed by atoms with van der Waals surface area (Å²) in [6.45, 7) is 4.18. The number of ether oxygens (including phenoxy) is 4. The Balaban J connectivity index is 1.83. The summed E-state index contributed by atoms with van der Waals surface area (Å²) in [7, 11) is 4.61. The van der Waals surface area contributed by atoms with E-state index in [1.807, 2.05) is 31.2 Å². The van der Waals surface area contributed by atoms with Crippen LogP contribution in [0.25, 0.3) is 0 Å². The third kappa shape index (κ3) is 5.92. The van der Waals surface area contributed by atoms with Crippen molar-refractivity contribution in [3.8, 4) is 17.2 Å². The first kappa shape index (κ1) is 28.9. The molecule has 2 aromatic rings. The Hall–Kier alpha value is -3.10. The number of carbonyl (C=O) groups is 2. The van der Waals surface area contributed by atoms with Crippen LogP contribution in [0.15, 0.2) is 58.9 Å². The molecule has 1 aliphatic carbocycles. The number of methoxy groups -OCH3 is 3. The molecule has 0 unspecified atom stereocenters. The van der Waals surface area contributed by atoms with Gasteiger partial charge in [-0.3, -0.25) is 4.79 Å². The molecule has 9 heteroatoms. The van der Waals surface area contributed by atoms with Gasteiger partial charge in [-0.1, -0.05) is 36.7 Å². The number of thioether (sulfide) groups is 1. The molecule has 1 aliphatic heterocycles. The van der Waals surface area contributed by atoms with E-state index in [1.54, 1.807) is 23.9 Å². The van der Waals surface area contributed by atoms with Crippen LogP contribution in [0.4, 0.5) is 0 Å². The first-order valence-corrected chi connectivity index (χ1v) is 14.4. The molecule has 0 spiro atoms. The maximum atomic E-state index is 13.9. The summed E-state index contributed by atoms with van der Waals surface area (Å²) in [6.07, 6.45) is 0.859. The summed E-state index contributed by atoms with van der Waals surface area (Å²) in [6, 6.07) is 11.2. The Morgan fingerprint density at radius 3 is 2.38 bits per heavy atom. The number of carbonyl (C=O) groups excluding carboxylic acids is 2. The molecule has 0 bridgehead atoms. The monoisotopic (exact) mass is 571 g/mol. The van der Waals surface area contributed by atoms with Gasteiger partial charge in [0.25, 0.3) is 0 Å². The lowest BCUT2D eigenvalue weighted by Crippen LogP contribution is -2.36. The van der Waals surface area contributed by atoms with Gasteiger partial charge in [0, 0.05) is 40.1 Å². The van der Waals surface area contributed by atoms with E-state index >= 15 is 0 Å². The van der Waals surface area contributed by atoms with Gasteiger partial charge in [0.05, 0.1) is 26.9 Å². The number of esters is 1. The molecule has 0 radical (unpaired) electrons. The molecule has 0 saturated heterocycles. The van der Waals surface area contributed by atoms with E-state index in [1.165, 1.54) is 21.3 Å². The van der Waals surface area contributed by atoms with Crippen molar-refractivity contribution < 1.29 is 28.5 Å². The average Bonchev–Trinajstić information content (AvgIpc) is 2.93. The number of ketones is 1. The first-order chi connectivity index (χ1) is 18.8. The lowest BCUT2D eigenvalue weighted by Gasteiger charge is -2.37. The molecule has 208 valence electrons. The molecule has 7 nitrogen and oxygen atoms in total. The normalized spacial score (nSPS) is 18.9. The Kier molecular flexibility index (Phi) is 9.51. The van der Waals surface area contributed by atoms with Crippen LogP contribution in [0.3, 0.4) is 0 Å². The lowest BCUT2D eigenvalue weighted by molar-refractivity contribution is -0.138. The van der Waals surface area contributed by atoms with E-state index in [0.717, 1.165) is 17.0 Å². The minimum Gasteiger partial charge on any atom is -0.493 e. The van der Waals surface area contributed by atoms with E-state index < -0.39 is 11.9 Å². The summed E-state index contributed by atoms with van der Waals surface area (Å²) in [4.78, 5) is 27.4. The number of rotatable bonds is 10. The van der Waals surface area contributed by atoms with E-state index in [4.69, 9.17) is 30.5 Å². The van der Waals surface area contributed by atoms with Crippen molar-refractivity contribution in [3.63, 3.8) is 0 Å². The number of halogens is 1. The van der Waals surface area contributed by atoms with Crippen molar-refractivity contribution in [3.05, 3.63) is 75.1 Å². The number of dihydropyridines is 1. The van der Waals surface area contributed by atoms with Crippen LogP contribution < -0.4 is 19.5 Å². The number of hydrogen-bond acceptors (Lipinski definition) is 8. The summed E-state index contributed by atoms with van der Waals surface area (Å²) >= 11 is 8.20. The van der Waals surface area contributed by atoms with Crippen LogP contribution in [0.5, 0.6) is 17.2 Å². The maximum Gasteiger partial charge on any atom is 0.336 e. The molecule has 0 saturated carbocycles. The Labute approximate surface area is 238 Å². The highest BCUT2D eigenvalue weighted by Crippen LogP contribution is 2.49. The molecular weight excluding hydrogens is 538 g/mol. The standard InChI is InChI=1S/C30H34ClNO6S/c1-6-39-12-11-38-30(34)26-17(2)32-22-13-18(20-9-7-8-10-21(20)31)14-23(33)28(22)27(26)19-15-24(35-3)29(37-5)25(16-19)36-4/h7-10,15-16,18,27,32H,6,11-14H2,1-5H3/t18-,27+/m1/s1. The van der Waals surface area contributed by atoms with Gasteiger partial charge in [-0.15, -0.1) is 0 Å². The summed E-state index contributed by atoms with van der Waals surface area (Å²) in [5, 5.41) is 4.02. The van der Waals surface area contributed by atoms with Crippen LogP contribution in [0.2, 0.25) is 5.02 Å². The van der Waals surface area contributed by atoms with Gasteiger partial charge in [-0.2, -0.15) is 11.8 Å². The minimum atomic E-state index is -0.666. The predicted molar refractivity (Wildman–Crippen MR) is 154 cm³/mol. The highest BCUT2D eigenvalue weighted by molar-refractivity contribution is 7.99. The zero-order chi connectivity index (χ0) is 28.1. The van der Waals surface area contributed by atoms with Gasteiger partial charge < -0.3 is 24.3 Å². The van der Waals surface area contributed by atoms with Gasteiger partial charge in [-0.05, 0) is 54.3 Å². The van der Waals surface area contributed by atoms with Crippen molar-refractivity contribution in [2.45, 2.75) is 38.5 Å². The zero-order valence-electron chi connectivity index (χ0n) is 22.9. The second-order valence-electron chi connectivity index (χ2n) is 9.33. The maximum absolute atomic E-state index is 13.9. The lowest BCUT2D eigenvalue weighted by atomic mass is 9.71. The fourth-order valence-electron chi connectivity index (χ4n) is 5.35. The van der Waals surface area contributed by atoms with Crippen molar-refractivity contribution in [1.29, 1.82) is 0 Å².